The van der Waals surface area contributed by atoms with E-state index in [4.69, 9.17) is 0 Å². The molecule has 21 heavy (non-hydrogen) atoms. The Balaban J connectivity index is 1.90. The molecule has 0 aromatic rings. The molecule has 2 atom stereocenters. The second kappa shape index (κ2) is 5.78. The maximum atomic E-state index is 12.2. The first-order valence-corrected chi connectivity index (χ1v) is 8.67. The maximum Gasteiger partial charge on any atom is 0.516 e. The fourth-order valence-corrected chi connectivity index (χ4v) is 4.50. The Labute approximate surface area is 122 Å². The zero-order chi connectivity index (χ0) is 15.8. The number of fused-ring (bicyclic) bond motifs is 2. The molecule has 0 heterocycles. The molecule has 2 saturated carbocycles. The molecule has 2 rings (SSSR count). The highest BCUT2D eigenvalue weighted by Crippen LogP contribution is 2.45. The van der Waals surface area contributed by atoms with E-state index in [0.717, 1.165) is 36.8 Å². The maximum absolute atomic E-state index is 12.2. The number of hydrogen-bond donors (Lipinski definition) is 1. The van der Waals surface area contributed by atoms with Crippen molar-refractivity contribution >= 4 is 15.9 Å². The fraction of sp³-hybridized carbons (Fsp3) is 0.923. The molecule has 8 heteroatoms. The second-order valence-electron chi connectivity index (χ2n) is 6.56. The van der Waals surface area contributed by atoms with Crippen LogP contribution in [0.5, 0.6) is 0 Å². The van der Waals surface area contributed by atoms with E-state index >= 15 is 0 Å². The number of rotatable bonds is 3. The summed E-state index contributed by atoms with van der Waals surface area (Å²) in [4.78, 5) is 11.6. The number of carbonyl (C=O) groups excluding carboxylic acids is 1. The van der Waals surface area contributed by atoms with Gasteiger partial charge in [-0.05, 0) is 55.8 Å². The lowest BCUT2D eigenvalue weighted by Gasteiger charge is -2.41. The van der Waals surface area contributed by atoms with Crippen LogP contribution in [0.4, 0.5) is 13.2 Å². The van der Waals surface area contributed by atoms with Crippen LogP contribution in [-0.2, 0) is 14.8 Å². The molecule has 2 unspecified atom stereocenters. The van der Waals surface area contributed by atoms with E-state index in [9.17, 15) is 26.4 Å². The summed E-state index contributed by atoms with van der Waals surface area (Å²) in [6.07, 6.45) is 4.78. The average molecular weight is 327 g/mol. The molecule has 0 aromatic carbocycles. The highest BCUT2D eigenvalue weighted by molar-refractivity contribution is 7.90. The minimum Gasteiger partial charge on any atom is -0.274 e. The van der Waals surface area contributed by atoms with E-state index in [1.54, 1.807) is 0 Å². The van der Waals surface area contributed by atoms with Crippen LogP contribution in [0.15, 0.2) is 0 Å². The molecule has 2 aliphatic carbocycles. The fourth-order valence-electron chi connectivity index (χ4n) is 4.00. The standard InChI is InChI=1S/C13H20F3NO3S/c1-8-2-9-4-10(3-8)6-11(5-9)7-12(18)17-21(19,20)13(14,15)16/h8-11H,2-7H2,1H3,(H,17,18). The van der Waals surface area contributed by atoms with Crippen molar-refractivity contribution in [1.29, 1.82) is 0 Å². The van der Waals surface area contributed by atoms with E-state index in [1.165, 1.54) is 0 Å². The zero-order valence-electron chi connectivity index (χ0n) is 11.8. The van der Waals surface area contributed by atoms with Gasteiger partial charge >= 0.3 is 15.5 Å². The molecule has 4 nitrogen and oxygen atoms in total. The Morgan fingerprint density at radius 3 is 2.10 bits per heavy atom. The van der Waals surface area contributed by atoms with Crippen LogP contribution in [0.1, 0.15) is 45.4 Å². The molecule has 1 N–H and O–H groups in total. The summed E-state index contributed by atoms with van der Waals surface area (Å²) in [6.45, 7) is 2.20. The van der Waals surface area contributed by atoms with Crippen LogP contribution in [0.25, 0.3) is 0 Å². The predicted octanol–water partition coefficient (Wildman–Crippen LogP) is 2.80. The van der Waals surface area contributed by atoms with Crippen LogP contribution in [0.3, 0.4) is 0 Å². The van der Waals surface area contributed by atoms with Gasteiger partial charge in [0.15, 0.2) is 0 Å². The van der Waals surface area contributed by atoms with Crippen LogP contribution in [0, 0.1) is 23.7 Å². The molecule has 0 radical (unpaired) electrons. The van der Waals surface area contributed by atoms with Gasteiger partial charge in [0.05, 0.1) is 0 Å². The van der Waals surface area contributed by atoms with E-state index in [2.05, 4.69) is 6.92 Å². The molecule has 122 valence electrons. The highest BCUT2D eigenvalue weighted by Gasteiger charge is 2.47. The summed E-state index contributed by atoms with van der Waals surface area (Å²) >= 11 is 0. The Bertz CT molecular complexity index is 485. The van der Waals surface area contributed by atoms with Gasteiger partial charge in [-0.3, -0.25) is 4.79 Å². The van der Waals surface area contributed by atoms with Crippen LogP contribution in [0.2, 0.25) is 0 Å². The SMILES string of the molecule is CC1CC2CC(CC(=O)NS(=O)(=O)C(F)(F)F)CC(C1)C2. The van der Waals surface area contributed by atoms with E-state index < -0.39 is 21.4 Å². The number of halogens is 3. The third-order valence-corrected chi connectivity index (χ3v) is 5.60. The first-order valence-electron chi connectivity index (χ1n) is 7.18. The first-order chi connectivity index (χ1) is 9.57. The summed E-state index contributed by atoms with van der Waals surface area (Å²) < 4.78 is 59.5. The second-order valence-corrected chi connectivity index (χ2v) is 8.23. The summed E-state index contributed by atoms with van der Waals surface area (Å²) in [5.41, 5.74) is -5.44. The molecular formula is C13H20F3NO3S. The lowest BCUT2D eigenvalue weighted by Crippen LogP contribution is -2.41. The van der Waals surface area contributed by atoms with E-state index in [-0.39, 0.29) is 12.3 Å². The monoisotopic (exact) mass is 327 g/mol. The minimum atomic E-state index is -5.57. The third kappa shape index (κ3) is 4.11. The number of hydrogen-bond acceptors (Lipinski definition) is 3. The van der Waals surface area contributed by atoms with Gasteiger partial charge in [-0.2, -0.15) is 21.6 Å². The minimum absolute atomic E-state index is 0.00955. The molecule has 0 aliphatic heterocycles. The van der Waals surface area contributed by atoms with Crippen LogP contribution in [-0.4, -0.2) is 19.8 Å². The molecule has 2 aliphatic rings. The van der Waals surface area contributed by atoms with Gasteiger partial charge in [-0.25, -0.2) is 4.72 Å². The topological polar surface area (TPSA) is 63.2 Å². The number of sulfonamides is 1. The van der Waals surface area contributed by atoms with Crippen molar-refractivity contribution in [1.82, 2.24) is 4.72 Å². The first kappa shape index (κ1) is 16.6. The van der Waals surface area contributed by atoms with Gasteiger partial charge in [-0.15, -0.1) is 0 Å². The van der Waals surface area contributed by atoms with Crippen molar-refractivity contribution in [2.75, 3.05) is 0 Å². The predicted molar refractivity (Wildman–Crippen MR) is 70.5 cm³/mol. The Morgan fingerprint density at radius 2 is 1.62 bits per heavy atom. The van der Waals surface area contributed by atoms with Crippen LogP contribution >= 0.6 is 0 Å². The summed E-state index contributed by atoms with van der Waals surface area (Å²) in [5.74, 6) is 0.637. The van der Waals surface area contributed by atoms with E-state index in [0.29, 0.717) is 17.8 Å². The van der Waals surface area contributed by atoms with Crippen LogP contribution < -0.4 is 4.72 Å². The normalized spacial score (nSPS) is 33.5. The van der Waals surface area contributed by atoms with Gasteiger partial charge in [0.25, 0.3) is 0 Å². The molecule has 0 aromatic heterocycles. The smallest absolute Gasteiger partial charge is 0.274 e. The van der Waals surface area contributed by atoms with Gasteiger partial charge in [0, 0.05) is 6.42 Å². The lowest BCUT2D eigenvalue weighted by atomic mass is 9.64. The quantitative estimate of drug-likeness (QED) is 0.867. The van der Waals surface area contributed by atoms with Crippen molar-refractivity contribution in [2.45, 2.75) is 51.0 Å². The Hall–Kier alpha value is -0.790. The molecule has 0 spiro atoms. The molecule has 0 saturated heterocycles. The molecular weight excluding hydrogens is 307 g/mol. The molecule has 2 fully saturated rings. The van der Waals surface area contributed by atoms with Crippen molar-refractivity contribution in [3.8, 4) is 0 Å². The summed E-state index contributed by atoms with van der Waals surface area (Å²) in [5, 5.41) is 0. The van der Waals surface area contributed by atoms with Gasteiger partial charge < -0.3 is 0 Å². The van der Waals surface area contributed by atoms with E-state index in [1.807, 2.05) is 0 Å². The lowest BCUT2D eigenvalue weighted by molar-refractivity contribution is -0.121. The Kier molecular flexibility index (Phi) is 4.56. The average Bonchev–Trinajstić information content (AvgIpc) is 2.23. The number of nitrogens with one attached hydrogen (secondary N) is 1. The largest absolute Gasteiger partial charge is 0.516 e. The Morgan fingerprint density at radius 1 is 1.10 bits per heavy atom. The van der Waals surface area contributed by atoms with Gasteiger partial charge in [-0.1, -0.05) is 6.92 Å². The van der Waals surface area contributed by atoms with Crippen molar-refractivity contribution in [3.63, 3.8) is 0 Å². The van der Waals surface area contributed by atoms with Crippen molar-refractivity contribution in [2.24, 2.45) is 23.7 Å². The number of amides is 1. The van der Waals surface area contributed by atoms with Crippen molar-refractivity contribution < 1.29 is 26.4 Å². The highest BCUT2D eigenvalue weighted by atomic mass is 32.2. The van der Waals surface area contributed by atoms with Gasteiger partial charge in [0.1, 0.15) is 0 Å². The zero-order valence-corrected chi connectivity index (χ0v) is 12.6. The molecule has 2 bridgehead atoms. The molecule has 1 amide bonds. The van der Waals surface area contributed by atoms with Crippen molar-refractivity contribution in [3.05, 3.63) is 0 Å². The van der Waals surface area contributed by atoms with Gasteiger partial charge in [0.2, 0.25) is 5.91 Å². The number of alkyl halides is 3. The summed E-state index contributed by atoms with van der Waals surface area (Å²) in [7, 11) is -5.57. The number of carbonyl (C=O) groups is 1. The summed E-state index contributed by atoms with van der Waals surface area (Å²) in [6, 6.07) is 0. The third-order valence-electron chi connectivity index (χ3n) is 4.50.